The summed E-state index contributed by atoms with van der Waals surface area (Å²) in [6.45, 7) is 4.61. The van der Waals surface area contributed by atoms with E-state index in [9.17, 15) is 0 Å². The predicted octanol–water partition coefficient (Wildman–Crippen LogP) is 2.00. The molecule has 3 nitrogen and oxygen atoms in total. The van der Waals surface area contributed by atoms with E-state index in [-0.39, 0.29) is 6.04 Å². The molecule has 3 heteroatoms. The Morgan fingerprint density at radius 3 is 2.11 bits per heavy atom. The van der Waals surface area contributed by atoms with Crippen LogP contribution in [-0.4, -0.2) is 19.6 Å². The summed E-state index contributed by atoms with van der Waals surface area (Å²) in [5, 5.41) is 9.28. The molecule has 2 aromatic rings. The number of rotatable bonds is 6. The minimum absolute atomic E-state index is 0.190. The molecule has 0 aliphatic rings. The summed E-state index contributed by atoms with van der Waals surface area (Å²) in [6, 6.07) is 13.2. The quantitative estimate of drug-likeness (QED) is 0.742. The van der Waals surface area contributed by atoms with Gasteiger partial charge in [-0.25, -0.2) is 0 Å². The minimum atomic E-state index is 0.190. The average Bonchev–Trinajstić information content (AvgIpc) is 2.41. The van der Waals surface area contributed by atoms with Crippen molar-refractivity contribution in [1.29, 1.82) is 0 Å². The van der Waals surface area contributed by atoms with Gasteiger partial charge in [0.1, 0.15) is 0 Å². The van der Waals surface area contributed by atoms with Gasteiger partial charge in [-0.05, 0) is 35.9 Å². The first-order chi connectivity index (χ1) is 9.22. The van der Waals surface area contributed by atoms with Gasteiger partial charge < -0.3 is 16.4 Å². The van der Waals surface area contributed by atoms with Gasteiger partial charge in [-0.3, -0.25) is 0 Å². The van der Waals surface area contributed by atoms with E-state index in [1.165, 1.54) is 21.9 Å². The Bertz CT molecular complexity index is 535. The number of fused-ring (bicyclic) bond motifs is 1. The molecule has 0 bridgehead atoms. The van der Waals surface area contributed by atoms with Crippen LogP contribution < -0.4 is 16.4 Å². The first kappa shape index (κ1) is 14.0. The summed E-state index contributed by atoms with van der Waals surface area (Å²) in [4.78, 5) is 0. The molecule has 2 aromatic carbocycles. The maximum Gasteiger partial charge on any atom is 0.0212 e. The van der Waals surface area contributed by atoms with Gasteiger partial charge in [0.2, 0.25) is 0 Å². The number of nitrogens with one attached hydrogen (secondary N) is 2. The second-order valence-corrected chi connectivity index (χ2v) is 5.07. The molecule has 0 spiro atoms. The van der Waals surface area contributed by atoms with Gasteiger partial charge in [0.15, 0.2) is 0 Å². The molecule has 19 heavy (non-hydrogen) atoms. The maximum atomic E-state index is 5.76. The summed E-state index contributed by atoms with van der Waals surface area (Å²) < 4.78 is 0. The Hall–Kier alpha value is -1.42. The van der Waals surface area contributed by atoms with Crippen LogP contribution in [0.5, 0.6) is 0 Å². The highest BCUT2D eigenvalue weighted by atomic mass is 14.9. The standard InChI is InChI=1S/C16H23N3/c1-12(17)9-19-11-14-8-7-13(10-18-2)15-5-3-4-6-16(14)15/h3-8,12,18-19H,9-11,17H2,1-2H3. The molecule has 0 fully saturated rings. The molecule has 0 radical (unpaired) electrons. The first-order valence-electron chi connectivity index (χ1n) is 6.82. The zero-order chi connectivity index (χ0) is 13.7. The number of nitrogens with two attached hydrogens (primary N) is 1. The summed E-state index contributed by atoms with van der Waals surface area (Å²) >= 11 is 0. The van der Waals surface area contributed by atoms with E-state index in [0.717, 1.165) is 19.6 Å². The molecule has 0 saturated carbocycles. The van der Waals surface area contributed by atoms with E-state index < -0.39 is 0 Å². The van der Waals surface area contributed by atoms with Gasteiger partial charge in [-0.2, -0.15) is 0 Å². The van der Waals surface area contributed by atoms with E-state index in [0.29, 0.717) is 0 Å². The highest BCUT2D eigenvalue weighted by molar-refractivity contribution is 5.88. The van der Waals surface area contributed by atoms with Gasteiger partial charge in [0.05, 0.1) is 0 Å². The molecular weight excluding hydrogens is 234 g/mol. The Kier molecular flexibility index (Phi) is 4.91. The molecule has 0 aliphatic carbocycles. The van der Waals surface area contributed by atoms with Gasteiger partial charge in [-0.15, -0.1) is 0 Å². The van der Waals surface area contributed by atoms with Gasteiger partial charge >= 0.3 is 0 Å². The number of benzene rings is 2. The SMILES string of the molecule is CNCc1ccc(CNCC(C)N)c2ccccc12. The van der Waals surface area contributed by atoms with E-state index in [4.69, 9.17) is 5.73 Å². The lowest BCUT2D eigenvalue weighted by Crippen LogP contribution is -2.30. The van der Waals surface area contributed by atoms with Crippen LogP contribution in [-0.2, 0) is 13.1 Å². The summed E-state index contributed by atoms with van der Waals surface area (Å²) in [6.07, 6.45) is 0. The van der Waals surface area contributed by atoms with Crippen molar-refractivity contribution in [2.45, 2.75) is 26.1 Å². The van der Waals surface area contributed by atoms with Crippen molar-refractivity contribution in [3.8, 4) is 0 Å². The third-order valence-electron chi connectivity index (χ3n) is 3.25. The van der Waals surface area contributed by atoms with E-state index in [1.807, 2.05) is 14.0 Å². The van der Waals surface area contributed by atoms with Crippen molar-refractivity contribution in [1.82, 2.24) is 10.6 Å². The average molecular weight is 257 g/mol. The van der Waals surface area contributed by atoms with Crippen LogP contribution in [0, 0.1) is 0 Å². The van der Waals surface area contributed by atoms with Crippen molar-refractivity contribution >= 4 is 10.8 Å². The third-order valence-corrected chi connectivity index (χ3v) is 3.25. The Labute approximate surface area is 115 Å². The maximum absolute atomic E-state index is 5.76. The second kappa shape index (κ2) is 6.66. The molecule has 1 unspecified atom stereocenters. The molecule has 0 amide bonds. The Morgan fingerprint density at radius 2 is 1.58 bits per heavy atom. The first-order valence-corrected chi connectivity index (χ1v) is 6.82. The monoisotopic (exact) mass is 257 g/mol. The lowest BCUT2D eigenvalue weighted by atomic mass is 9.99. The lowest BCUT2D eigenvalue weighted by Gasteiger charge is -2.13. The van der Waals surface area contributed by atoms with Gasteiger partial charge in [0, 0.05) is 25.7 Å². The normalized spacial score (nSPS) is 12.8. The Morgan fingerprint density at radius 1 is 1.00 bits per heavy atom. The smallest absolute Gasteiger partial charge is 0.0212 e. The molecule has 0 aliphatic heterocycles. The summed E-state index contributed by atoms with van der Waals surface area (Å²) in [7, 11) is 1.98. The molecule has 0 aromatic heterocycles. The Balaban J connectivity index is 2.27. The zero-order valence-corrected chi connectivity index (χ0v) is 11.7. The molecular formula is C16H23N3. The molecule has 0 heterocycles. The van der Waals surface area contributed by atoms with Crippen molar-refractivity contribution in [2.24, 2.45) is 5.73 Å². The third kappa shape index (κ3) is 3.53. The molecule has 2 rings (SSSR count). The van der Waals surface area contributed by atoms with Gasteiger partial charge in [0.25, 0.3) is 0 Å². The molecule has 1 atom stereocenters. The van der Waals surface area contributed by atoms with Crippen LogP contribution in [0.15, 0.2) is 36.4 Å². The summed E-state index contributed by atoms with van der Waals surface area (Å²) in [5.74, 6) is 0. The van der Waals surface area contributed by atoms with E-state index >= 15 is 0 Å². The second-order valence-electron chi connectivity index (χ2n) is 5.07. The fourth-order valence-corrected chi connectivity index (χ4v) is 2.36. The largest absolute Gasteiger partial charge is 0.327 e. The highest BCUT2D eigenvalue weighted by Crippen LogP contribution is 2.22. The van der Waals surface area contributed by atoms with Crippen molar-refractivity contribution < 1.29 is 0 Å². The summed E-state index contributed by atoms with van der Waals surface area (Å²) in [5.41, 5.74) is 8.43. The van der Waals surface area contributed by atoms with E-state index in [1.54, 1.807) is 0 Å². The van der Waals surface area contributed by atoms with Crippen LogP contribution in [0.3, 0.4) is 0 Å². The predicted molar refractivity (Wildman–Crippen MR) is 82.1 cm³/mol. The zero-order valence-electron chi connectivity index (χ0n) is 11.7. The molecule has 102 valence electrons. The topological polar surface area (TPSA) is 50.1 Å². The minimum Gasteiger partial charge on any atom is -0.327 e. The number of hydrogen-bond acceptors (Lipinski definition) is 3. The number of hydrogen-bond donors (Lipinski definition) is 3. The van der Waals surface area contributed by atoms with Crippen LogP contribution in [0.1, 0.15) is 18.1 Å². The molecule has 0 saturated heterocycles. The highest BCUT2D eigenvalue weighted by Gasteiger charge is 2.05. The van der Waals surface area contributed by atoms with Crippen LogP contribution in [0.2, 0.25) is 0 Å². The fourth-order valence-electron chi connectivity index (χ4n) is 2.36. The van der Waals surface area contributed by atoms with Crippen LogP contribution >= 0.6 is 0 Å². The van der Waals surface area contributed by atoms with Gasteiger partial charge in [-0.1, -0.05) is 36.4 Å². The lowest BCUT2D eigenvalue weighted by molar-refractivity contribution is 0.610. The van der Waals surface area contributed by atoms with E-state index in [2.05, 4.69) is 47.0 Å². The molecule has 4 N–H and O–H groups in total. The van der Waals surface area contributed by atoms with Crippen molar-refractivity contribution in [2.75, 3.05) is 13.6 Å². The van der Waals surface area contributed by atoms with Crippen molar-refractivity contribution in [3.63, 3.8) is 0 Å². The fraction of sp³-hybridized carbons (Fsp3) is 0.375. The van der Waals surface area contributed by atoms with Crippen LogP contribution in [0.4, 0.5) is 0 Å². The van der Waals surface area contributed by atoms with Crippen molar-refractivity contribution in [3.05, 3.63) is 47.5 Å². The van der Waals surface area contributed by atoms with Crippen LogP contribution in [0.25, 0.3) is 10.8 Å².